The van der Waals surface area contributed by atoms with E-state index in [-0.39, 0.29) is 11.8 Å². The summed E-state index contributed by atoms with van der Waals surface area (Å²) in [6, 6.07) is 11.9. The largest absolute Gasteiger partial charge is 0.477 e. The van der Waals surface area contributed by atoms with Crippen molar-refractivity contribution in [3.05, 3.63) is 53.6 Å². The Labute approximate surface area is 168 Å². The Morgan fingerprint density at radius 3 is 2.62 bits per heavy atom. The molecule has 2 aromatic carbocycles. The van der Waals surface area contributed by atoms with Crippen molar-refractivity contribution >= 4 is 34.7 Å². The number of carbonyl (C=O) groups excluding carboxylic acids is 1. The molecule has 0 radical (unpaired) electrons. The average Bonchev–Trinajstić information content (AvgIpc) is 2.74. The fourth-order valence-electron chi connectivity index (χ4n) is 3.14. The third-order valence-electron chi connectivity index (χ3n) is 4.61. The lowest BCUT2D eigenvalue weighted by molar-refractivity contribution is -0.129. The summed E-state index contributed by atoms with van der Waals surface area (Å²) in [7, 11) is 1.32. The van der Waals surface area contributed by atoms with Gasteiger partial charge < -0.3 is 25.2 Å². The zero-order chi connectivity index (χ0) is 20.8. The van der Waals surface area contributed by atoms with Crippen molar-refractivity contribution in [1.29, 1.82) is 5.41 Å². The van der Waals surface area contributed by atoms with Crippen molar-refractivity contribution in [2.75, 3.05) is 24.4 Å². The monoisotopic (exact) mass is 397 g/mol. The predicted molar refractivity (Wildman–Crippen MR) is 109 cm³/mol. The molecule has 0 aromatic heterocycles. The van der Waals surface area contributed by atoms with Gasteiger partial charge >= 0.3 is 11.9 Å². The molecule has 8 nitrogen and oxygen atoms in total. The molecular formula is C21H23N3O5. The van der Waals surface area contributed by atoms with Crippen LogP contribution < -0.4 is 10.6 Å². The molecule has 1 fully saturated rings. The van der Waals surface area contributed by atoms with Crippen LogP contribution >= 0.6 is 0 Å². The molecule has 1 atom stereocenters. The van der Waals surface area contributed by atoms with Crippen LogP contribution in [0, 0.1) is 5.41 Å². The lowest BCUT2D eigenvalue weighted by Gasteiger charge is -2.26. The molecular weight excluding hydrogens is 374 g/mol. The number of nitrogens with one attached hydrogen (secondary N) is 3. The van der Waals surface area contributed by atoms with Crippen molar-refractivity contribution in [3.8, 4) is 0 Å². The number of carboxylic acid groups (broad SMARTS) is 1. The van der Waals surface area contributed by atoms with Gasteiger partial charge in [-0.15, -0.1) is 0 Å². The topological polar surface area (TPSA) is 121 Å². The zero-order valence-corrected chi connectivity index (χ0v) is 16.0. The standard InChI is InChI=1S/C21H23N3O5/c1-28-21(27)15-6-2-3-7-16(15)23-13-9-10-14(19(22)20(25)26)17(12-13)24-18-8-4-5-11-29-18/h2-3,6-7,9-10,12,18,22-24H,4-5,8,11H2,1H3,(H,25,26). The minimum Gasteiger partial charge on any atom is -0.477 e. The molecule has 1 aliphatic heterocycles. The Balaban J connectivity index is 1.92. The second-order valence-electron chi connectivity index (χ2n) is 6.60. The van der Waals surface area contributed by atoms with Crippen molar-refractivity contribution in [1.82, 2.24) is 0 Å². The summed E-state index contributed by atoms with van der Waals surface area (Å²) >= 11 is 0. The number of benzene rings is 2. The summed E-state index contributed by atoms with van der Waals surface area (Å²) in [6.07, 6.45) is 2.54. The second kappa shape index (κ2) is 9.20. The third-order valence-corrected chi connectivity index (χ3v) is 4.61. The van der Waals surface area contributed by atoms with Crippen LogP contribution in [0.1, 0.15) is 35.2 Å². The van der Waals surface area contributed by atoms with E-state index >= 15 is 0 Å². The van der Waals surface area contributed by atoms with Gasteiger partial charge in [0.1, 0.15) is 11.9 Å². The molecule has 2 aromatic rings. The van der Waals surface area contributed by atoms with E-state index in [1.54, 1.807) is 42.5 Å². The van der Waals surface area contributed by atoms with Gasteiger partial charge in [0, 0.05) is 23.5 Å². The molecule has 0 amide bonds. The van der Waals surface area contributed by atoms with Gasteiger partial charge in [0.05, 0.1) is 18.4 Å². The van der Waals surface area contributed by atoms with Gasteiger partial charge in [-0.2, -0.15) is 0 Å². The molecule has 0 spiro atoms. The summed E-state index contributed by atoms with van der Waals surface area (Å²) < 4.78 is 10.5. The lowest BCUT2D eigenvalue weighted by Crippen LogP contribution is -2.28. The third kappa shape index (κ3) is 4.91. The highest BCUT2D eigenvalue weighted by Gasteiger charge is 2.20. The van der Waals surface area contributed by atoms with Crippen molar-refractivity contribution < 1.29 is 24.2 Å². The van der Waals surface area contributed by atoms with Gasteiger partial charge in [-0.05, 0) is 49.6 Å². The molecule has 152 valence electrons. The first-order chi connectivity index (χ1) is 14.0. The van der Waals surface area contributed by atoms with Gasteiger partial charge in [0.25, 0.3) is 0 Å². The van der Waals surface area contributed by atoms with E-state index < -0.39 is 17.7 Å². The molecule has 1 aliphatic rings. The molecule has 0 aliphatic carbocycles. The number of rotatable bonds is 7. The Morgan fingerprint density at radius 2 is 1.93 bits per heavy atom. The molecule has 1 heterocycles. The number of para-hydroxylation sites is 1. The molecule has 0 saturated carbocycles. The van der Waals surface area contributed by atoms with Gasteiger partial charge in [0.2, 0.25) is 0 Å². The van der Waals surface area contributed by atoms with Crippen molar-refractivity contribution in [2.24, 2.45) is 0 Å². The molecule has 1 unspecified atom stereocenters. The minimum absolute atomic E-state index is 0.248. The number of aliphatic carboxylic acids is 1. The summed E-state index contributed by atoms with van der Waals surface area (Å²) in [5.41, 5.74) is 1.79. The SMILES string of the molecule is COC(=O)c1ccccc1Nc1ccc(C(=N)C(=O)O)c(NC2CCCCO2)c1. The average molecular weight is 397 g/mol. The van der Waals surface area contributed by atoms with Crippen molar-refractivity contribution in [3.63, 3.8) is 0 Å². The maximum Gasteiger partial charge on any atom is 0.354 e. The second-order valence-corrected chi connectivity index (χ2v) is 6.60. The Bertz CT molecular complexity index is 922. The number of hydrogen-bond donors (Lipinski definition) is 4. The molecule has 3 rings (SSSR count). The van der Waals surface area contributed by atoms with Gasteiger partial charge in [-0.25, -0.2) is 9.59 Å². The Morgan fingerprint density at radius 1 is 1.14 bits per heavy atom. The van der Waals surface area contributed by atoms with E-state index in [0.29, 0.717) is 29.2 Å². The van der Waals surface area contributed by atoms with Crippen LogP contribution in [0.25, 0.3) is 0 Å². The number of carboxylic acids is 1. The summed E-state index contributed by atoms with van der Waals surface area (Å²) in [6.45, 7) is 0.633. The van der Waals surface area contributed by atoms with E-state index in [0.717, 1.165) is 19.3 Å². The van der Waals surface area contributed by atoms with Crippen LogP contribution in [-0.4, -0.2) is 42.7 Å². The number of esters is 1. The number of methoxy groups -OCH3 is 1. The summed E-state index contributed by atoms with van der Waals surface area (Å²) in [4.78, 5) is 23.3. The first-order valence-corrected chi connectivity index (χ1v) is 9.28. The summed E-state index contributed by atoms with van der Waals surface area (Å²) in [5, 5.41) is 23.5. The van der Waals surface area contributed by atoms with Crippen LogP contribution in [0.2, 0.25) is 0 Å². The highest BCUT2D eigenvalue weighted by Crippen LogP contribution is 2.28. The van der Waals surface area contributed by atoms with Gasteiger partial charge in [-0.3, -0.25) is 5.41 Å². The number of ether oxygens (including phenoxy) is 2. The normalized spacial score (nSPS) is 16.0. The van der Waals surface area contributed by atoms with Gasteiger partial charge in [0.15, 0.2) is 0 Å². The van der Waals surface area contributed by atoms with E-state index in [2.05, 4.69) is 10.6 Å². The molecule has 29 heavy (non-hydrogen) atoms. The maximum absolute atomic E-state index is 12.0. The van der Waals surface area contributed by atoms with Crippen LogP contribution in [0.3, 0.4) is 0 Å². The molecule has 8 heteroatoms. The number of anilines is 3. The first-order valence-electron chi connectivity index (χ1n) is 9.28. The molecule has 4 N–H and O–H groups in total. The summed E-state index contributed by atoms with van der Waals surface area (Å²) in [5.74, 6) is -1.78. The fraction of sp³-hybridized carbons (Fsp3) is 0.286. The number of hydrogen-bond acceptors (Lipinski definition) is 7. The Hall–Kier alpha value is -3.39. The zero-order valence-electron chi connectivity index (χ0n) is 16.0. The first kappa shape index (κ1) is 20.3. The lowest BCUT2D eigenvalue weighted by atomic mass is 10.1. The molecule has 0 bridgehead atoms. The van der Waals surface area contributed by atoms with Crippen LogP contribution in [-0.2, 0) is 14.3 Å². The quantitative estimate of drug-likeness (QED) is 0.416. The highest BCUT2D eigenvalue weighted by atomic mass is 16.5. The van der Waals surface area contributed by atoms with E-state index in [4.69, 9.17) is 14.9 Å². The van der Waals surface area contributed by atoms with Crippen LogP contribution in [0.5, 0.6) is 0 Å². The van der Waals surface area contributed by atoms with Crippen molar-refractivity contribution in [2.45, 2.75) is 25.5 Å². The van der Waals surface area contributed by atoms with E-state index in [9.17, 15) is 14.7 Å². The highest BCUT2D eigenvalue weighted by molar-refractivity contribution is 6.42. The van der Waals surface area contributed by atoms with Crippen LogP contribution in [0.15, 0.2) is 42.5 Å². The molecule has 1 saturated heterocycles. The minimum atomic E-state index is -1.31. The maximum atomic E-state index is 12.0. The fourth-order valence-corrected chi connectivity index (χ4v) is 3.14. The van der Waals surface area contributed by atoms with Gasteiger partial charge in [-0.1, -0.05) is 12.1 Å². The Kier molecular flexibility index (Phi) is 6.46. The van der Waals surface area contributed by atoms with E-state index in [1.165, 1.54) is 7.11 Å². The number of carbonyl (C=O) groups is 2. The smallest absolute Gasteiger partial charge is 0.354 e. The predicted octanol–water partition coefficient (Wildman–Crippen LogP) is 3.61. The van der Waals surface area contributed by atoms with Crippen LogP contribution in [0.4, 0.5) is 17.1 Å². The van der Waals surface area contributed by atoms with E-state index in [1.807, 2.05) is 0 Å².